The molecule has 0 saturated heterocycles. The topological polar surface area (TPSA) is 86.7 Å². The summed E-state index contributed by atoms with van der Waals surface area (Å²) in [4.78, 5) is 11.4. The number of benzene rings is 1. The minimum absolute atomic E-state index is 0.0418. The Kier molecular flexibility index (Phi) is 6.37. The molecule has 0 unspecified atom stereocenters. The van der Waals surface area contributed by atoms with Crippen molar-refractivity contribution >= 4 is 15.9 Å². The predicted molar refractivity (Wildman–Crippen MR) is 78.9 cm³/mol. The zero-order valence-corrected chi connectivity index (χ0v) is 12.8. The Morgan fingerprint density at radius 1 is 1.43 bits per heavy atom. The van der Waals surface area contributed by atoms with Crippen LogP contribution in [0.4, 0.5) is 0 Å². The van der Waals surface area contributed by atoms with Gasteiger partial charge in [0, 0.05) is 26.1 Å². The van der Waals surface area contributed by atoms with Crippen molar-refractivity contribution in [3.63, 3.8) is 0 Å². The van der Waals surface area contributed by atoms with Crippen molar-refractivity contribution in [2.75, 3.05) is 27.2 Å². The maximum atomic E-state index is 12.3. The first kappa shape index (κ1) is 17.2. The highest BCUT2D eigenvalue weighted by Gasteiger charge is 2.22. The molecule has 0 aliphatic heterocycles. The Bertz CT molecular complexity index is 659. The minimum Gasteiger partial charge on any atom is -0.395 e. The third kappa shape index (κ3) is 4.86. The van der Waals surface area contributed by atoms with Gasteiger partial charge in [-0.2, -0.15) is 4.31 Å². The van der Waals surface area contributed by atoms with Gasteiger partial charge in [0.05, 0.1) is 18.0 Å². The van der Waals surface area contributed by atoms with Crippen LogP contribution in [0.5, 0.6) is 0 Å². The van der Waals surface area contributed by atoms with Gasteiger partial charge >= 0.3 is 0 Å². The highest BCUT2D eigenvalue weighted by Crippen LogP contribution is 2.15. The molecule has 0 radical (unpaired) electrons. The Morgan fingerprint density at radius 3 is 2.76 bits per heavy atom. The van der Waals surface area contributed by atoms with Gasteiger partial charge in [-0.25, -0.2) is 8.42 Å². The van der Waals surface area contributed by atoms with E-state index in [1.807, 2.05) is 0 Å². The number of nitrogens with one attached hydrogen (secondary N) is 1. The number of sulfonamides is 1. The summed E-state index contributed by atoms with van der Waals surface area (Å²) in [6.45, 7) is -0.293. The van der Waals surface area contributed by atoms with E-state index in [4.69, 9.17) is 5.11 Å². The highest BCUT2D eigenvalue weighted by atomic mass is 32.2. The summed E-state index contributed by atoms with van der Waals surface area (Å²) in [5.41, 5.74) is 0.540. The quantitative estimate of drug-likeness (QED) is 0.737. The lowest BCUT2D eigenvalue weighted by atomic mass is 10.2. The van der Waals surface area contributed by atoms with Gasteiger partial charge < -0.3 is 10.4 Å². The van der Waals surface area contributed by atoms with Gasteiger partial charge in [-0.15, -0.1) is 0 Å². The first-order chi connectivity index (χ1) is 9.91. The normalized spacial score (nSPS) is 10.9. The van der Waals surface area contributed by atoms with Crippen molar-refractivity contribution in [2.24, 2.45) is 0 Å². The number of hydrogen-bond donors (Lipinski definition) is 2. The number of amides is 1. The van der Waals surface area contributed by atoms with Crippen LogP contribution in [0.1, 0.15) is 12.0 Å². The molecule has 1 aromatic carbocycles. The maximum Gasteiger partial charge on any atom is 0.243 e. The zero-order valence-electron chi connectivity index (χ0n) is 12.0. The summed E-state index contributed by atoms with van der Waals surface area (Å²) in [5, 5.41) is 11.0. The summed E-state index contributed by atoms with van der Waals surface area (Å²) in [6, 6.07) is 6.17. The fourth-order valence-corrected chi connectivity index (χ4v) is 2.67. The summed E-state index contributed by atoms with van der Waals surface area (Å²) >= 11 is 0. The molecule has 114 valence electrons. The van der Waals surface area contributed by atoms with Gasteiger partial charge in [0.2, 0.25) is 15.9 Å². The molecule has 0 aromatic heterocycles. The number of carbonyl (C=O) groups is 1. The number of likely N-dealkylation sites (N-methyl/N-ethyl adjacent to an activating group) is 2. The standard InChI is InChI=1S/C14H18N2O4S/c1-15-14(18)11-16(2)21(19,20)13-8-5-7-12(10-13)6-3-4-9-17/h5,7-8,10,17H,4,9,11H2,1-2H3,(H,15,18). The van der Waals surface area contributed by atoms with Gasteiger partial charge in [0.15, 0.2) is 0 Å². The molecule has 1 aromatic rings. The summed E-state index contributed by atoms with van der Waals surface area (Å²) < 4.78 is 25.6. The van der Waals surface area contributed by atoms with E-state index in [0.717, 1.165) is 4.31 Å². The van der Waals surface area contributed by atoms with E-state index in [0.29, 0.717) is 12.0 Å². The number of aliphatic hydroxyl groups excluding tert-OH is 1. The van der Waals surface area contributed by atoms with Crippen LogP contribution in [0.3, 0.4) is 0 Å². The zero-order chi connectivity index (χ0) is 15.9. The van der Waals surface area contributed by atoms with E-state index in [1.165, 1.54) is 26.2 Å². The summed E-state index contributed by atoms with van der Waals surface area (Å²) in [6.07, 6.45) is 0.327. The largest absolute Gasteiger partial charge is 0.395 e. The number of carbonyl (C=O) groups excluding carboxylic acids is 1. The van der Waals surface area contributed by atoms with Crippen molar-refractivity contribution in [3.8, 4) is 11.8 Å². The first-order valence-corrected chi connectivity index (χ1v) is 7.72. The Labute approximate surface area is 124 Å². The molecule has 0 aliphatic carbocycles. The van der Waals surface area contributed by atoms with Gasteiger partial charge in [-0.05, 0) is 18.2 Å². The molecule has 2 N–H and O–H groups in total. The SMILES string of the molecule is CNC(=O)CN(C)S(=O)(=O)c1cccc(C#CCCO)c1. The molecule has 21 heavy (non-hydrogen) atoms. The predicted octanol–water partition coefficient (Wildman–Crippen LogP) is -0.213. The molecule has 7 heteroatoms. The van der Waals surface area contributed by atoms with Crippen molar-refractivity contribution in [2.45, 2.75) is 11.3 Å². The van der Waals surface area contributed by atoms with Crippen LogP contribution >= 0.6 is 0 Å². The molecule has 0 aliphatic rings. The van der Waals surface area contributed by atoms with Crippen molar-refractivity contribution in [1.82, 2.24) is 9.62 Å². The number of aliphatic hydroxyl groups is 1. The van der Waals surface area contributed by atoms with Crippen LogP contribution < -0.4 is 5.32 Å². The Morgan fingerprint density at radius 2 is 2.14 bits per heavy atom. The second-order valence-electron chi connectivity index (χ2n) is 4.24. The lowest BCUT2D eigenvalue weighted by Gasteiger charge is -2.16. The second-order valence-corrected chi connectivity index (χ2v) is 6.28. The van der Waals surface area contributed by atoms with Crippen LogP contribution in [0.15, 0.2) is 29.2 Å². The molecule has 0 heterocycles. The van der Waals surface area contributed by atoms with Crippen LogP contribution in [-0.2, 0) is 14.8 Å². The highest BCUT2D eigenvalue weighted by molar-refractivity contribution is 7.89. The van der Waals surface area contributed by atoms with E-state index in [9.17, 15) is 13.2 Å². The molecule has 0 fully saturated rings. The molecule has 0 bridgehead atoms. The van der Waals surface area contributed by atoms with E-state index >= 15 is 0 Å². The number of hydrogen-bond acceptors (Lipinski definition) is 4. The van der Waals surface area contributed by atoms with Crippen LogP contribution in [0, 0.1) is 11.8 Å². The molecule has 0 saturated carbocycles. The van der Waals surface area contributed by atoms with E-state index in [2.05, 4.69) is 17.2 Å². The molecule has 0 atom stereocenters. The Balaban J connectivity index is 3.01. The maximum absolute atomic E-state index is 12.3. The van der Waals surface area contributed by atoms with Crippen LogP contribution in [-0.4, -0.2) is 51.0 Å². The lowest BCUT2D eigenvalue weighted by molar-refractivity contribution is -0.120. The van der Waals surface area contributed by atoms with Crippen LogP contribution in [0.2, 0.25) is 0 Å². The van der Waals surface area contributed by atoms with E-state index in [1.54, 1.807) is 12.1 Å². The average molecular weight is 310 g/mol. The fraction of sp³-hybridized carbons (Fsp3) is 0.357. The monoisotopic (exact) mass is 310 g/mol. The van der Waals surface area contributed by atoms with Crippen molar-refractivity contribution < 1.29 is 18.3 Å². The third-order valence-electron chi connectivity index (χ3n) is 2.66. The Hall–Kier alpha value is -1.88. The van der Waals surface area contributed by atoms with E-state index < -0.39 is 10.0 Å². The van der Waals surface area contributed by atoms with Crippen LogP contribution in [0.25, 0.3) is 0 Å². The molecular weight excluding hydrogens is 292 g/mol. The molecule has 6 nitrogen and oxygen atoms in total. The van der Waals surface area contributed by atoms with Crippen molar-refractivity contribution in [1.29, 1.82) is 0 Å². The average Bonchev–Trinajstić information content (AvgIpc) is 2.47. The number of nitrogens with zero attached hydrogens (tertiary/aromatic N) is 1. The fourth-order valence-electron chi connectivity index (χ4n) is 1.50. The minimum atomic E-state index is -3.74. The molecule has 0 spiro atoms. The number of rotatable bonds is 5. The third-order valence-corrected chi connectivity index (χ3v) is 4.46. The smallest absolute Gasteiger partial charge is 0.243 e. The van der Waals surface area contributed by atoms with E-state index in [-0.39, 0.29) is 24.0 Å². The molecular formula is C14H18N2O4S. The molecule has 1 rings (SSSR count). The van der Waals surface area contributed by atoms with Gasteiger partial charge in [-0.1, -0.05) is 17.9 Å². The summed E-state index contributed by atoms with van der Waals surface area (Å²) in [7, 11) is -0.955. The second kappa shape index (κ2) is 7.78. The molecule has 1 amide bonds. The summed E-state index contributed by atoms with van der Waals surface area (Å²) in [5.74, 6) is 5.12. The lowest BCUT2D eigenvalue weighted by Crippen LogP contribution is -2.36. The first-order valence-electron chi connectivity index (χ1n) is 6.28. The van der Waals surface area contributed by atoms with Gasteiger partial charge in [-0.3, -0.25) is 4.79 Å². The van der Waals surface area contributed by atoms with Crippen molar-refractivity contribution in [3.05, 3.63) is 29.8 Å². The van der Waals surface area contributed by atoms with Gasteiger partial charge in [0.25, 0.3) is 0 Å². The van der Waals surface area contributed by atoms with Gasteiger partial charge in [0.1, 0.15) is 0 Å².